The highest BCUT2D eigenvalue weighted by atomic mass is 32.1. The summed E-state index contributed by atoms with van der Waals surface area (Å²) in [6.45, 7) is 2.49. The van der Waals surface area contributed by atoms with Gasteiger partial charge in [0.05, 0.1) is 11.9 Å². The van der Waals surface area contributed by atoms with Gasteiger partial charge < -0.3 is 10.6 Å². The van der Waals surface area contributed by atoms with E-state index in [0.717, 1.165) is 39.5 Å². The molecule has 1 saturated carbocycles. The second-order valence-electron chi connectivity index (χ2n) is 5.83. The summed E-state index contributed by atoms with van der Waals surface area (Å²) >= 11 is 1.56. The third kappa shape index (κ3) is 3.05. The second-order valence-corrected chi connectivity index (χ2v) is 6.79. The summed E-state index contributed by atoms with van der Waals surface area (Å²) in [6.07, 6.45) is 4.45. The van der Waals surface area contributed by atoms with E-state index in [1.54, 1.807) is 11.3 Å². The molecule has 2 N–H and O–H groups in total. The van der Waals surface area contributed by atoms with Crippen LogP contribution in [-0.4, -0.2) is 27.0 Å². The van der Waals surface area contributed by atoms with Crippen LogP contribution in [-0.2, 0) is 4.79 Å². The van der Waals surface area contributed by atoms with Crippen LogP contribution in [0.4, 0.5) is 10.8 Å². The number of nitrogens with one attached hydrogen (secondary N) is 2. The molecule has 0 aliphatic heterocycles. The molecule has 2 aromatic heterocycles. The van der Waals surface area contributed by atoms with E-state index in [-0.39, 0.29) is 5.91 Å². The Balaban J connectivity index is 1.63. The zero-order valence-electron chi connectivity index (χ0n) is 12.7. The zero-order chi connectivity index (χ0) is 15.8. The highest BCUT2D eigenvalue weighted by Gasteiger charge is 2.21. The Bertz CT molecular complexity index is 864. The van der Waals surface area contributed by atoms with Crippen LogP contribution in [0.5, 0.6) is 0 Å². The van der Waals surface area contributed by atoms with Crippen LogP contribution in [0.25, 0.3) is 16.2 Å². The van der Waals surface area contributed by atoms with Gasteiger partial charge in [-0.25, -0.2) is 9.50 Å². The Labute approximate surface area is 137 Å². The zero-order valence-corrected chi connectivity index (χ0v) is 13.6. The van der Waals surface area contributed by atoms with Crippen LogP contribution in [0.15, 0.2) is 30.5 Å². The SMILES string of the molecule is CC(=O)Nc1cccc(-c2cnc3sc(NCC4CC4)nn23)c1. The van der Waals surface area contributed by atoms with Crippen LogP contribution < -0.4 is 10.6 Å². The minimum absolute atomic E-state index is 0.0826. The molecule has 6 nitrogen and oxygen atoms in total. The first kappa shape index (κ1) is 14.2. The predicted molar refractivity (Wildman–Crippen MR) is 91.8 cm³/mol. The normalized spacial score (nSPS) is 14.1. The fraction of sp³-hybridized carbons (Fsp3) is 0.312. The Morgan fingerprint density at radius 1 is 1.43 bits per heavy atom. The Kier molecular flexibility index (Phi) is 3.49. The molecule has 0 saturated heterocycles. The predicted octanol–water partition coefficient (Wildman–Crippen LogP) is 3.24. The van der Waals surface area contributed by atoms with Crippen LogP contribution in [0.2, 0.25) is 0 Å². The lowest BCUT2D eigenvalue weighted by Crippen LogP contribution is -2.05. The minimum Gasteiger partial charge on any atom is -0.360 e. The third-order valence-electron chi connectivity index (χ3n) is 3.80. The number of aromatic nitrogens is 3. The first-order chi connectivity index (χ1) is 11.2. The molecule has 118 valence electrons. The monoisotopic (exact) mass is 327 g/mol. The van der Waals surface area contributed by atoms with Gasteiger partial charge in [-0.3, -0.25) is 4.79 Å². The van der Waals surface area contributed by atoms with Crippen LogP contribution >= 0.6 is 11.3 Å². The highest BCUT2D eigenvalue weighted by molar-refractivity contribution is 7.20. The van der Waals surface area contributed by atoms with Gasteiger partial charge in [0.15, 0.2) is 0 Å². The third-order valence-corrected chi connectivity index (χ3v) is 4.68. The Morgan fingerprint density at radius 2 is 2.30 bits per heavy atom. The molecule has 1 aliphatic rings. The molecule has 3 aromatic rings. The topological polar surface area (TPSA) is 71.3 Å². The standard InChI is InChI=1S/C16H17N5OS/c1-10(22)19-13-4-2-3-12(7-13)14-9-18-16-21(14)20-15(23-16)17-8-11-5-6-11/h2-4,7,9,11H,5-6,8H2,1H3,(H,17,20)(H,19,22). The number of benzene rings is 1. The van der Waals surface area contributed by atoms with Gasteiger partial charge >= 0.3 is 0 Å². The molecular weight excluding hydrogens is 310 g/mol. The molecule has 1 aliphatic carbocycles. The van der Waals surface area contributed by atoms with Crippen molar-refractivity contribution in [1.82, 2.24) is 14.6 Å². The molecule has 0 radical (unpaired) electrons. The van der Waals surface area contributed by atoms with Crippen molar-refractivity contribution >= 4 is 33.0 Å². The average Bonchev–Trinajstić information content (AvgIpc) is 3.13. The quantitative estimate of drug-likeness (QED) is 0.755. The van der Waals surface area contributed by atoms with Gasteiger partial charge in [-0.05, 0) is 30.9 Å². The average molecular weight is 327 g/mol. The summed E-state index contributed by atoms with van der Waals surface area (Å²) in [5.41, 5.74) is 2.66. The molecule has 23 heavy (non-hydrogen) atoms. The highest BCUT2D eigenvalue weighted by Crippen LogP contribution is 2.31. The van der Waals surface area contributed by atoms with E-state index >= 15 is 0 Å². The van der Waals surface area contributed by atoms with E-state index in [0.29, 0.717) is 0 Å². The molecule has 0 unspecified atom stereocenters. The second kappa shape index (κ2) is 5.66. The van der Waals surface area contributed by atoms with Gasteiger partial charge in [0.25, 0.3) is 0 Å². The van der Waals surface area contributed by atoms with E-state index in [1.807, 2.05) is 35.0 Å². The maximum Gasteiger partial charge on any atom is 0.221 e. The number of rotatable bonds is 5. The lowest BCUT2D eigenvalue weighted by atomic mass is 10.1. The molecule has 4 rings (SSSR count). The van der Waals surface area contributed by atoms with Crippen molar-refractivity contribution in [2.45, 2.75) is 19.8 Å². The van der Waals surface area contributed by atoms with Crippen LogP contribution in [0, 0.1) is 5.92 Å². The lowest BCUT2D eigenvalue weighted by molar-refractivity contribution is -0.114. The molecule has 1 fully saturated rings. The van der Waals surface area contributed by atoms with Crippen molar-refractivity contribution in [1.29, 1.82) is 0 Å². The maximum atomic E-state index is 11.2. The van der Waals surface area contributed by atoms with E-state index in [9.17, 15) is 4.79 Å². The number of imidazole rings is 1. The first-order valence-electron chi connectivity index (χ1n) is 7.65. The molecule has 1 amide bonds. The van der Waals surface area contributed by atoms with E-state index in [1.165, 1.54) is 19.8 Å². The van der Waals surface area contributed by atoms with Crippen molar-refractivity contribution in [3.8, 4) is 11.3 Å². The van der Waals surface area contributed by atoms with Gasteiger partial charge in [-0.1, -0.05) is 23.5 Å². The molecular formula is C16H17N5OS. The first-order valence-corrected chi connectivity index (χ1v) is 8.47. The number of nitrogens with zero attached hydrogens (tertiary/aromatic N) is 3. The summed E-state index contributed by atoms with van der Waals surface area (Å²) in [5.74, 6) is 0.723. The number of carbonyl (C=O) groups excluding carboxylic acids is 1. The largest absolute Gasteiger partial charge is 0.360 e. The Hall–Kier alpha value is -2.41. The van der Waals surface area contributed by atoms with Gasteiger partial charge in [-0.15, -0.1) is 5.10 Å². The number of anilines is 2. The van der Waals surface area contributed by atoms with Crippen LogP contribution in [0.3, 0.4) is 0 Å². The number of carbonyl (C=O) groups is 1. The van der Waals surface area contributed by atoms with Gasteiger partial charge in [0.1, 0.15) is 0 Å². The van der Waals surface area contributed by atoms with E-state index < -0.39 is 0 Å². The van der Waals surface area contributed by atoms with Crippen molar-refractivity contribution in [2.24, 2.45) is 5.92 Å². The van der Waals surface area contributed by atoms with Crippen molar-refractivity contribution in [2.75, 3.05) is 17.2 Å². The summed E-state index contributed by atoms with van der Waals surface area (Å²) in [4.78, 5) is 16.5. The van der Waals surface area contributed by atoms with Gasteiger partial charge in [0, 0.05) is 24.7 Å². The van der Waals surface area contributed by atoms with Crippen molar-refractivity contribution in [3.05, 3.63) is 30.5 Å². The molecule has 1 aromatic carbocycles. The number of hydrogen-bond acceptors (Lipinski definition) is 5. The fourth-order valence-electron chi connectivity index (χ4n) is 2.47. The minimum atomic E-state index is -0.0826. The summed E-state index contributed by atoms with van der Waals surface area (Å²) in [6, 6.07) is 7.71. The molecule has 2 heterocycles. The lowest BCUT2D eigenvalue weighted by Gasteiger charge is -2.04. The van der Waals surface area contributed by atoms with Gasteiger partial charge in [-0.2, -0.15) is 0 Å². The van der Waals surface area contributed by atoms with Gasteiger partial charge in [0.2, 0.25) is 16.0 Å². The van der Waals surface area contributed by atoms with E-state index in [2.05, 4.69) is 20.7 Å². The fourth-order valence-corrected chi connectivity index (χ4v) is 3.26. The Morgan fingerprint density at radius 3 is 3.09 bits per heavy atom. The number of amides is 1. The smallest absolute Gasteiger partial charge is 0.221 e. The van der Waals surface area contributed by atoms with Crippen LogP contribution in [0.1, 0.15) is 19.8 Å². The van der Waals surface area contributed by atoms with Crippen molar-refractivity contribution < 1.29 is 4.79 Å². The molecule has 7 heteroatoms. The molecule has 0 bridgehead atoms. The molecule has 0 atom stereocenters. The summed E-state index contributed by atoms with van der Waals surface area (Å²) in [7, 11) is 0. The summed E-state index contributed by atoms with van der Waals surface area (Å²) < 4.78 is 1.85. The van der Waals surface area contributed by atoms with E-state index in [4.69, 9.17) is 0 Å². The maximum absolute atomic E-state index is 11.2. The number of fused-ring (bicyclic) bond motifs is 1. The number of hydrogen-bond donors (Lipinski definition) is 2. The van der Waals surface area contributed by atoms with Crippen molar-refractivity contribution in [3.63, 3.8) is 0 Å². The summed E-state index contributed by atoms with van der Waals surface area (Å²) in [5, 5.41) is 11.7. The molecule has 0 spiro atoms.